The van der Waals surface area contributed by atoms with E-state index in [9.17, 15) is 4.21 Å². The van der Waals surface area contributed by atoms with Gasteiger partial charge >= 0.3 is 0 Å². The quantitative estimate of drug-likeness (QED) is 0.517. The van der Waals surface area contributed by atoms with Crippen LogP contribution >= 0.6 is 0 Å². The Morgan fingerprint density at radius 2 is 1.86 bits per heavy atom. The number of guanidine groups is 1. The molecule has 2 N–H and O–H groups in total. The van der Waals surface area contributed by atoms with Crippen LogP contribution in [0.4, 0.5) is 0 Å². The van der Waals surface area contributed by atoms with E-state index in [1.165, 1.54) is 12.0 Å². The molecule has 0 aromatic heterocycles. The molecule has 0 amide bonds. The molecule has 6 heteroatoms. The fourth-order valence-electron chi connectivity index (χ4n) is 3.60. The van der Waals surface area contributed by atoms with Gasteiger partial charge in [0.05, 0.1) is 17.3 Å². The summed E-state index contributed by atoms with van der Waals surface area (Å²) in [6.07, 6.45) is 2.33. The summed E-state index contributed by atoms with van der Waals surface area (Å²) in [5.74, 6) is 1.36. The smallest absolute Gasteiger partial charge is 0.191 e. The van der Waals surface area contributed by atoms with Crippen LogP contribution in [-0.4, -0.2) is 53.0 Å². The molecular formula is C23H32N4OS. The fraction of sp³-hybridized carbons (Fsp3) is 0.435. The van der Waals surface area contributed by atoms with Crippen molar-refractivity contribution in [2.45, 2.75) is 37.2 Å². The van der Waals surface area contributed by atoms with E-state index in [-0.39, 0.29) is 0 Å². The molecule has 1 aliphatic rings. The molecule has 3 rings (SSSR count). The highest BCUT2D eigenvalue weighted by Gasteiger charge is 2.20. The largest absolute Gasteiger partial charge is 0.357 e. The third kappa shape index (κ3) is 7.29. The highest BCUT2D eigenvalue weighted by Crippen LogP contribution is 2.13. The number of aliphatic imine (C=N–C) groups is 1. The first-order valence-corrected chi connectivity index (χ1v) is 11.8. The Kier molecular flexibility index (Phi) is 8.71. The van der Waals surface area contributed by atoms with Gasteiger partial charge in [0, 0.05) is 36.3 Å². The van der Waals surface area contributed by atoms with E-state index in [4.69, 9.17) is 0 Å². The first kappa shape index (κ1) is 21.5. The van der Waals surface area contributed by atoms with Gasteiger partial charge in [0.25, 0.3) is 0 Å². The van der Waals surface area contributed by atoms with Gasteiger partial charge in [-0.25, -0.2) is 0 Å². The number of benzene rings is 2. The Hall–Kier alpha value is -2.18. The first-order chi connectivity index (χ1) is 14.2. The lowest BCUT2D eigenvalue weighted by Gasteiger charge is -2.34. The van der Waals surface area contributed by atoms with Gasteiger partial charge in [0.1, 0.15) is 0 Å². The maximum absolute atomic E-state index is 12.4. The van der Waals surface area contributed by atoms with Gasteiger partial charge in [-0.2, -0.15) is 0 Å². The van der Waals surface area contributed by atoms with Crippen LogP contribution in [0.15, 0.2) is 70.6 Å². The van der Waals surface area contributed by atoms with E-state index in [1.807, 2.05) is 30.3 Å². The standard InChI is InChI=1S/C23H32N4OS/c1-2-24-23(25-15-17-29(28)22-13-7-4-8-14-22)26-21-12-9-16-27(19-21)18-20-10-5-3-6-11-20/h3-8,10-11,13-14,21H,2,9,12,15-19H2,1H3,(H2,24,25,26). The van der Waals surface area contributed by atoms with E-state index in [1.54, 1.807) is 0 Å². The summed E-state index contributed by atoms with van der Waals surface area (Å²) in [4.78, 5) is 8.03. The van der Waals surface area contributed by atoms with Crippen LogP contribution in [0.25, 0.3) is 0 Å². The minimum atomic E-state index is -1.01. The predicted octanol–water partition coefficient (Wildman–Crippen LogP) is 3.01. The first-order valence-electron chi connectivity index (χ1n) is 10.5. The van der Waals surface area contributed by atoms with Crippen molar-refractivity contribution in [3.63, 3.8) is 0 Å². The Labute approximate surface area is 177 Å². The lowest BCUT2D eigenvalue weighted by Crippen LogP contribution is -2.51. The van der Waals surface area contributed by atoms with Gasteiger partial charge in [-0.1, -0.05) is 48.5 Å². The van der Waals surface area contributed by atoms with Crippen molar-refractivity contribution in [1.29, 1.82) is 0 Å². The maximum atomic E-state index is 12.4. The summed E-state index contributed by atoms with van der Waals surface area (Å²) < 4.78 is 12.4. The minimum Gasteiger partial charge on any atom is -0.357 e. The molecule has 0 bridgehead atoms. The molecule has 2 aromatic carbocycles. The van der Waals surface area contributed by atoms with Crippen molar-refractivity contribution in [3.05, 3.63) is 66.2 Å². The van der Waals surface area contributed by atoms with E-state index in [2.05, 4.69) is 57.8 Å². The number of hydrogen-bond acceptors (Lipinski definition) is 3. The van der Waals surface area contributed by atoms with E-state index in [0.29, 0.717) is 18.3 Å². The van der Waals surface area contributed by atoms with Crippen LogP contribution in [0.5, 0.6) is 0 Å². The second-order valence-corrected chi connectivity index (χ2v) is 8.90. The number of likely N-dealkylation sites (tertiary alicyclic amines) is 1. The lowest BCUT2D eigenvalue weighted by atomic mass is 10.0. The molecule has 1 fully saturated rings. The summed E-state index contributed by atoms with van der Waals surface area (Å²) in [5.41, 5.74) is 1.36. The molecule has 2 aromatic rings. The Bertz CT molecular complexity index is 782. The predicted molar refractivity (Wildman–Crippen MR) is 122 cm³/mol. The highest BCUT2D eigenvalue weighted by molar-refractivity contribution is 7.85. The second kappa shape index (κ2) is 11.7. The summed E-state index contributed by atoms with van der Waals surface area (Å²) >= 11 is 0. The highest BCUT2D eigenvalue weighted by atomic mass is 32.2. The fourth-order valence-corrected chi connectivity index (χ4v) is 4.56. The van der Waals surface area contributed by atoms with Gasteiger partial charge in [-0.15, -0.1) is 0 Å². The number of rotatable bonds is 8. The summed E-state index contributed by atoms with van der Waals surface area (Å²) in [7, 11) is -1.01. The normalized spacial score (nSPS) is 18.9. The molecular weight excluding hydrogens is 380 g/mol. The van der Waals surface area contributed by atoms with Gasteiger partial charge < -0.3 is 10.6 Å². The minimum absolute atomic E-state index is 0.380. The van der Waals surface area contributed by atoms with Crippen molar-refractivity contribution in [2.75, 3.05) is 31.9 Å². The zero-order chi connectivity index (χ0) is 20.3. The molecule has 2 atom stereocenters. The number of hydrogen-bond donors (Lipinski definition) is 2. The van der Waals surface area contributed by atoms with E-state index in [0.717, 1.165) is 43.5 Å². The van der Waals surface area contributed by atoms with E-state index < -0.39 is 10.8 Å². The second-order valence-electron chi connectivity index (χ2n) is 7.33. The number of nitrogens with zero attached hydrogens (tertiary/aromatic N) is 2. The number of piperidine rings is 1. The van der Waals surface area contributed by atoms with Crippen LogP contribution in [-0.2, 0) is 17.3 Å². The summed E-state index contributed by atoms with van der Waals surface area (Å²) in [6, 6.07) is 20.6. The van der Waals surface area contributed by atoms with Crippen molar-refractivity contribution >= 4 is 16.8 Å². The lowest BCUT2D eigenvalue weighted by molar-refractivity contribution is 0.192. The SMILES string of the molecule is CCNC(=NCCS(=O)c1ccccc1)NC1CCCN(Cc2ccccc2)C1. The van der Waals surface area contributed by atoms with Crippen LogP contribution in [0.1, 0.15) is 25.3 Å². The maximum Gasteiger partial charge on any atom is 0.191 e. The topological polar surface area (TPSA) is 56.7 Å². The van der Waals surface area contributed by atoms with Gasteiger partial charge in [0.2, 0.25) is 0 Å². The molecule has 1 saturated heterocycles. The van der Waals surface area contributed by atoms with Crippen molar-refractivity contribution in [1.82, 2.24) is 15.5 Å². The molecule has 1 aliphatic heterocycles. The average molecular weight is 413 g/mol. The van der Waals surface area contributed by atoms with Crippen molar-refractivity contribution in [3.8, 4) is 0 Å². The van der Waals surface area contributed by atoms with Gasteiger partial charge in [-0.3, -0.25) is 14.1 Å². The Morgan fingerprint density at radius 3 is 2.59 bits per heavy atom. The zero-order valence-electron chi connectivity index (χ0n) is 17.2. The molecule has 0 radical (unpaired) electrons. The molecule has 5 nitrogen and oxygen atoms in total. The van der Waals surface area contributed by atoms with Crippen LogP contribution < -0.4 is 10.6 Å². The monoisotopic (exact) mass is 412 g/mol. The molecule has 156 valence electrons. The molecule has 0 saturated carbocycles. The summed E-state index contributed by atoms with van der Waals surface area (Å²) in [5, 5.41) is 6.91. The average Bonchev–Trinajstić information content (AvgIpc) is 2.75. The molecule has 0 spiro atoms. The van der Waals surface area contributed by atoms with Crippen molar-refractivity contribution in [2.24, 2.45) is 4.99 Å². The number of nitrogens with one attached hydrogen (secondary N) is 2. The molecule has 0 aliphatic carbocycles. The van der Waals surface area contributed by atoms with E-state index >= 15 is 0 Å². The molecule has 2 unspecified atom stereocenters. The summed E-state index contributed by atoms with van der Waals surface area (Å²) in [6.45, 7) is 6.56. The molecule has 1 heterocycles. The Balaban J connectivity index is 1.50. The van der Waals surface area contributed by atoms with Crippen molar-refractivity contribution < 1.29 is 4.21 Å². The van der Waals surface area contributed by atoms with Gasteiger partial charge in [0.15, 0.2) is 5.96 Å². The third-order valence-electron chi connectivity index (χ3n) is 4.99. The zero-order valence-corrected chi connectivity index (χ0v) is 18.0. The van der Waals surface area contributed by atoms with Crippen LogP contribution in [0.2, 0.25) is 0 Å². The van der Waals surface area contributed by atoms with Crippen LogP contribution in [0, 0.1) is 0 Å². The van der Waals surface area contributed by atoms with Gasteiger partial charge in [-0.05, 0) is 44.0 Å². The molecule has 29 heavy (non-hydrogen) atoms. The van der Waals surface area contributed by atoms with Crippen LogP contribution in [0.3, 0.4) is 0 Å². The third-order valence-corrected chi connectivity index (χ3v) is 6.34. The Morgan fingerprint density at radius 1 is 1.14 bits per heavy atom.